The van der Waals surface area contributed by atoms with Gasteiger partial charge in [-0.15, -0.1) is 0 Å². The lowest BCUT2D eigenvalue weighted by atomic mass is 10.1. The molecule has 2 aromatic rings. The molecule has 0 unspecified atom stereocenters. The minimum atomic E-state index is -0.0450. The number of nitrogens with one attached hydrogen (secondary N) is 1. The summed E-state index contributed by atoms with van der Waals surface area (Å²) < 4.78 is 0. The van der Waals surface area contributed by atoms with E-state index in [0.29, 0.717) is 17.1 Å². The summed E-state index contributed by atoms with van der Waals surface area (Å²) in [6.07, 6.45) is 4.78. The van der Waals surface area contributed by atoms with Crippen molar-refractivity contribution >= 4 is 40.7 Å². The van der Waals surface area contributed by atoms with Gasteiger partial charge >= 0.3 is 0 Å². The molecule has 0 aromatic heterocycles. The molecule has 3 rings (SSSR count). The van der Waals surface area contributed by atoms with Crippen molar-refractivity contribution in [2.45, 2.75) is 56.2 Å². The number of hydrogen-bond acceptors (Lipinski definition) is 4. The molecule has 0 atom stereocenters. The molecule has 6 heteroatoms. The van der Waals surface area contributed by atoms with Crippen molar-refractivity contribution in [2.24, 2.45) is 4.99 Å². The van der Waals surface area contributed by atoms with Gasteiger partial charge in [0.2, 0.25) is 0 Å². The van der Waals surface area contributed by atoms with Crippen molar-refractivity contribution < 1.29 is 4.79 Å². The second-order valence-electron chi connectivity index (χ2n) is 7.93. The topological polar surface area (TPSA) is 44.7 Å². The summed E-state index contributed by atoms with van der Waals surface area (Å²) in [6.45, 7) is 10.2. The number of amides is 1. The Morgan fingerprint density at radius 3 is 2.45 bits per heavy atom. The average Bonchev–Trinajstić information content (AvgIpc) is 2.90. The monoisotopic (exact) mass is 457 g/mol. The van der Waals surface area contributed by atoms with Crippen molar-refractivity contribution in [1.29, 1.82) is 0 Å². The fourth-order valence-corrected chi connectivity index (χ4v) is 4.80. The summed E-state index contributed by atoms with van der Waals surface area (Å²) in [5, 5.41) is 3.79. The quantitative estimate of drug-likeness (QED) is 0.438. The Bertz CT molecular complexity index is 936. The lowest BCUT2D eigenvalue weighted by Crippen LogP contribution is -2.36. The fraction of sp³-hybridized carbons (Fsp3) is 0.440. The third-order valence-electron chi connectivity index (χ3n) is 5.43. The summed E-state index contributed by atoms with van der Waals surface area (Å²) in [7, 11) is 0. The Labute approximate surface area is 195 Å². The van der Waals surface area contributed by atoms with E-state index in [0.717, 1.165) is 46.4 Å². The summed E-state index contributed by atoms with van der Waals surface area (Å²) in [5.41, 5.74) is 3.42. The van der Waals surface area contributed by atoms with Gasteiger partial charge in [-0.3, -0.25) is 9.79 Å². The SMILES string of the molecule is CCCCN(CCCC)CCNC(=O)c1ccc2c(c1)N=C(C)c1cc(Cl)ccc1S2. The Kier molecular flexibility index (Phi) is 9.00. The highest BCUT2D eigenvalue weighted by Gasteiger charge is 2.17. The predicted molar refractivity (Wildman–Crippen MR) is 132 cm³/mol. The number of nitrogens with zero attached hydrogens (tertiary/aromatic N) is 2. The van der Waals surface area contributed by atoms with E-state index in [1.54, 1.807) is 11.8 Å². The number of benzene rings is 2. The highest BCUT2D eigenvalue weighted by Crippen LogP contribution is 2.41. The van der Waals surface area contributed by atoms with Crippen LogP contribution >= 0.6 is 23.4 Å². The van der Waals surface area contributed by atoms with Gasteiger partial charge in [-0.05, 0) is 69.3 Å². The molecule has 1 amide bonds. The van der Waals surface area contributed by atoms with Crippen LogP contribution in [0.5, 0.6) is 0 Å². The van der Waals surface area contributed by atoms with Crippen molar-refractivity contribution in [3.8, 4) is 0 Å². The second kappa shape index (κ2) is 11.7. The average molecular weight is 458 g/mol. The van der Waals surface area contributed by atoms with Crippen molar-refractivity contribution in [3.63, 3.8) is 0 Å². The summed E-state index contributed by atoms with van der Waals surface area (Å²) in [5.74, 6) is -0.0450. The highest BCUT2D eigenvalue weighted by molar-refractivity contribution is 7.99. The smallest absolute Gasteiger partial charge is 0.251 e. The third kappa shape index (κ3) is 6.58. The Hall–Kier alpha value is -1.82. The van der Waals surface area contributed by atoms with Crippen LogP contribution in [0.2, 0.25) is 5.02 Å². The zero-order chi connectivity index (χ0) is 22.2. The van der Waals surface area contributed by atoms with Gasteiger partial charge in [0.15, 0.2) is 0 Å². The van der Waals surface area contributed by atoms with E-state index in [9.17, 15) is 4.79 Å². The predicted octanol–water partition coefficient (Wildman–Crippen LogP) is 6.58. The van der Waals surface area contributed by atoms with Gasteiger partial charge in [0.25, 0.3) is 5.91 Å². The molecule has 1 aliphatic rings. The van der Waals surface area contributed by atoms with E-state index in [1.807, 2.05) is 43.3 Å². The third-order valence-corrected chi connectivity index (χ3v) is 6.81. The number of fused-ring (bicyclic) bond motifs is 2. The maximum atomic E-state index is 12.8. The van der Waals surface area contributed by atoms with Gasteiger partial charge in [-0.25, -0.2) is 0 Å². The zero-order valence-electron chi connectivity index (χ0n) is 18.7. The Morgan fingerprint density at radius 2 is 1.74 bits per heavy atom. The number of carbonyl (C=O) groups is 1. The van der Waals surface area contributed by atoms with Crippen molar-refractivity contribution in [1.82, 2.24) is 10.2 Å². The van der Waals surface area contributed by atoms with Gasteiger partial charge in [-0.2, -0.15) is 0 Å². The molecule has 31 heavy (non-hydrogen) atoms. The van der Waals surface area contributed by atoms with Gasteiger partial charge in [0.1, 0.15) is 0 Å². The van der Waals surface area contributed by atoms with Gasteiger partial charge in [0.05, 0.1) is 5.69 Å². The molecule has 1 aliphatic heterocycles. The first-order chi connectivity index (χ1) is 15.0. The molecule has 0 bridgehead atoms. The van der Waals surface area contributed by atoms with Crippen LogP contribution in [-0.4, -0.2) is 42.7 Å². The van der Waals surface area contributed by atoms with Gasteiger partial charge < -0.3 is 10.2 Å². The molecular weight excluding hydrogens is 426 g/mol. The number of unbranched alkanes of at least 4 members (excludes halogenated alkanes) is 2. The van der Waals surface area contributed by atoms with Crippen LogP contribution in [0.3, 0.4) is 0 Å². The summed E-state index contributed by atoms with van der Waals surface area (Å²) in [4.78, 5) is 22.2. The van der Waals surface area contributed by atoms with Crippen LogP contribution < -0.4 is 5.32 Å². The van der Waals surface area contributed by atoms with Crippen LogP contribution in [0, 0.1) is 0 Å². The number of hydrogen-bond donors (Lipinski definition) is 1. The first kappa shape index (κ1) is 23.8. The number of rotatable bonds is 10. The Balaban J connectivity index is 1.66. The Morgan fingerprint density at radius 1 is 1.03 bits per heavy atom. The van der Waals surface area contributed by atoms with Crippen LogP contribution in [0.4, 0.5) is 5.69 Å². The minimum Gasteiger partial charge on any atom is -0.351 e. The largest absolute Gasteiger partial charge is 0.351 e. The minimum absolute atomic E-state index is 0.0450. The molecule has 0 radical (unpaired) electrons. The normalized spacial score (nSPS) is 12.7. The molecule has 1 N–H and O–H groups in total. The van der Waals surface area contributed by atoms with E-state index >= 15 is 0 Å². The number of carbonyl (C=O) groups excluding carboxylic acids is 1. The molecule has 2 aromatic carbocycles. The number of aliphatic imine (C=N–C) groups is 1. The molecule has 0 saturated carbocycles. The first-order valence-corrected chi connectivity index (χ1v) is 12.4. The highest BCUT2D eigenvalue weighted by atomic mass is 35.5. The van der Waals surface area contributed by atoms with E-state index in [-0.39, 0.29) is 5.91 Å². The van der Waals surface area contributed by atoms with Crippen LogP contribution in [-0.2, 0) is 0 Å². The van der Waals surface area contributed by atoms with Crippen LogP contribution in [0.15, 0.2) is 51.2 Å². The molecule has 4 nitrogen and oxygen atoms in total. The molecule has 0 fully saturated rings. The van der Waals surface area contributed by atoms with Gasteiger partial charge in [0, 0.05) is 44.7 Å². The van der Waals surface area contributed by atoms with Crippen molar-refractivity contribution in [3.05, 3.63) is 52.5 Å². The van der Waals surface area contributed by atoms with Crippen LogP contribution in [0.1, 0.15) is 62.4 Å². The molecule has 0 spiro atoms. The van der Waals surface area contributed by atoms with Crippen molar-refractivity contribution in [2.75, 3.05) is 26.2 Å². The molecule has 166 valence electrons. The fourth-order valence-electron chi connectivity index (χ4n) is 3.59. The standard InChI is InChI=1S/C25H32ClN3OS/c1-4-6-13-29(14-7-5-2)15-12-27-25(30)19-8-10-24-22(16-19)28-18(3)21-17-20(26)9-11-23(21)31-24/h8-11,16-17H,4-7,12-15H2,1-3H3,(H,27,30). The second-order valence-corrected chi connectivity index (χ2v) is 9.45. The lowest BCUT2D eigenvalue weighted by Gasteiger charge is -2.22. The molecule has 0 aliphatic carbocycles. The van der Waals surface area contributed by atoms with E-state index in [1.165, 1.54) is 25.7 Å². The summed E-state index contributed by atoms with van der Waals surface area (Å²) in [6, 6.07) is 11.6. The first-order valence-electron chi connectivity index (χ1n) is 11.2. The van der Waals surface area contributed by atoms with E-state index in [2.05, 4.69) is 24.1 Å². The maximum Gasteiger partial charge on any atom is 0.251 e. The molecular formula is C25H32ClN3OS. The maximum absolute atomic E-state index is 12.8. The number of halogens is 1. The molecule has 1 heterocycles. The molecule has 0 saturated heterocycles. The van der Waals surface area contributed by atoms with E-state index < -0.39 is 0 Å². The zero-order valence-corrected chi connectivity index (χ0v) is 20.3. The lowest BCUT2D eigenvalue weighted by molar-refractivity contribution is 0.0948. The summed E-state index contributed by atoms with van der Waals surface area (Å²) >= 11 is 7.84. The van der Waals surface area contributed by atoms with Gasteiger partial charge in [-0.1, -0.05) is 50.1 Å². The van der Waals surface area contributed by atoms with E-state index in [4.69, 9.17) is 16.6 Å². The van der Waals surface area contributed by atoms with Crippen LogP contribution in [0.25, 0.3) is 0 Å².